The Kier molecular flexibility index (Phi) is 5.81. The minimum absolute atomic E-state index is 0.325. The number of hydrogen-bond acceptors (Lipinski definition) is 7. The lowest BCUT2D eigenvalue weighted by atomic mass is 10.1. The maximum Gasteiger partial charge on any atom is 0.237 e. The Morgan fingerprint density at radius 1 is 1.03 bits per heavy atom. The summed E-state index contributed by atoms with van der Waals surface area (Å²) in [5.41, 5.74) is 1.74. The number of aromatic nitrogens is 4. The van der Waals surface area contributed by atoms with Crippen molar-refractivity contribution in [2.45, 2.75) is 17.7 Å². The van der Waals surface area contributed by atoms with Gasteiger partial charge in [-0.05, 0) is 43.3 Å². The molecule has 8 heteroatoms. The van der Waals surface area contributed by atoms with Crippen molar-refractivity contribution in [3.63, 3.8) is 0 Å². The summed E-state index contributed by atoms with van der Waals surface area (Å²) in [5, 5.41) is 13.0. The molecule has 6 nitrogen and oxygen atoms in total. The number of halogens is 1. The normalized spacial score (nSPS) is 10.8. The largest absolute Gasteiger partial charge is 0.494 e. The Hall–Kier alpha value is -3.26. The average Bonchev–Trinajstić information content (AvgIpc) is 3.23. The fourth-order valence-corrected chi connectivity index (χ4v) is 3.32. The van der Waals surface area contributed by atoms with Crippen molar-refractivity contribution in [1.29, 1.82) is 0 Å². The van der Waals surface area contributed by atoms with Gasteiger partial charge in [-0.2, -0.15) is 4.98 Å². The van der Waals surface area contributed by atoms with Crippen molar-refractivity contribution in [3.8, 4) is 28.4 Å². The topological polar surface area (TPSA) is 73.9 Å². The van der Waals surface area contributed by atoms with Gasteiger partial charge in [0, 0.05) is 11.1 Å². The van der Waals surface area contributed by atoms with Gasteiger partial charge in [0.15, 0.2) is 0 Å². The van der Waals surface area contributed by atoms with Crippen molar-refractivity contribution in [2.24, 2.45) is 0 Å². The van der Waals surface area contributed by atoms with Crippen molar-refractivity contribution in [1.82, 2.24) is 20.3 Å². The van der Waals surface area contributed by atoms with E-state index >= 15 is 0 Å². The van der Waals surface area contributed by atoms with Crippen LogP contribution in [0.3, 0.4) is 0 Å². The molecule has 4 rings (SSSR count). The molecule has 29 heavy (non-hydrogen) atoms. The molecule has 0 fully saturated rings. The standard InChI is InChI=1S/C21H17FN4O2S/c1-2-27-15-7-5-6-14(12-15)21-23-19(28-26-21)13-29-20-11-10-18(24-25-20)16-8-3-4-9-17(16)22/h3-12H,2,13H2,1H3. The highest BCUT2D eigenvalue weighted by Crippen LogP contribution is 2.26. The minimum atomic E-state index is -0.325. The molecule has 0 aliphatic rings. The van der Waals surface area contributed by atoms with Gasteiger partial charge in [-0.15, -0.1) is 10.2 Å². The molecule has 0 bridgehead atoms. The first-order valence-corrected chi connectivity index (χ1v) is 9.98. The smallest absolute Gasteiger partial charge is 0.237 e. The summed E-state index contributed by atoms with van der Waals surface area (Å²) in [6.07, 6.45) is 0. The van der Waals surface area contributed by atoms with Crippen LogP contribution in [0.5, 0.6) is 5.75 Å². The second-order valence-electron chi connectivity index (χ2n) is 6.00. The van der Waals surface area contributed by atoms with Crippen molar-refractivity contribution in [3.05, 3.63) is 72.4 Å². The van der Waals surface area contributed by atoms with Gasteiger partial charge >= 0.3 is 0 Å². The van der Waals surface area contributed by atoms with Crippen LogP contribution in [0.1, 0.15) is 12.8 Å². The molecule has 0 saturated carbocycles. The Morgan fingerprint density at radius 3 is 2.72 bits per heavy atom. The maximum absolute atomic E-state index is 13.8. The lowest BCUT2D eigenvalue weighted by Gasteiger charge is -2.03. The SMILES string of the molecule is CCOc1cccc(-c2noc(CSc3ccc(-c4ccccc4F)nn3)n2)c1. The molecule has 0 aliphatic heterocycles. The van der Waals surface area contributed by atoms with Gasteiger partial charge in [0.1, 0.15) is 16.6 Å². The lowest BCUT2D eigenvalue weighted by molar-refractivity contribution is 0.340. The van der Waals surface area contributed by atoms with Gasteiger partial charge in [-0.1, -0.05) is 41.2 Å². The first kappa shape index (κ1) is 19.1. The van der Waals surface area contributed by atoms with E-state index in [4.69, 9.17) is 9.26 Å². The molecule has 0 saturated heterocycles. The third kappa shape index (κ3) is 4.60. The summed E-state index contributed by atoms with van der Waals surface area (Å²) in [4.78, 5) is 4.42. The molecule has 0 aliphatic carbocycles. The third-order valence-corrected chi connectivity index (χ3v) is 4.91. The van der Waals surface area contributed by atoms with E-state index in [2.05, 4.69) is 20.3 Å². The first-order chi connectivity index (χ1) is 14.2. The second kappa shape index (κ2) is 8.83. The number of thioether (sulfide) groups is 1. The summed E-state index contributed by atoms with van der Waals surface area (Å²) in [5.74, 6) is 1.87. The molecule has 0 spiro atoms. The van der Waals surface area contributed by atoms with E-state index in [9.17, 15) is 4.39 Å². The Morgan fingerprint density at radius 2 is 1.93 bits per heavy atom. The van der Waals surface area contributed by atoms with Crippen molar-refractivity contribution >= 4 is 11.8 Å². The molecule has 146 valence electrons. The van der Waals surface area contributed by atoms with Gasteiger partial charge in [0.05, 0.1) is 18.1 Å². The number of rotatable bonds is 7. The quantitative estimate of drug-likeness (QED) is 0.397. The molecule has 0 amide bonds. The molecule has 0 atom stereocenters. The predicted molar refractivity (Wildman–Crippen MR) is 108 cm³/mol. The van der Waals surface area contributed by atoms with Gasteiger partial charge in [-0.3, -0.25) is 0 Å². The Balaban J connectivity index is 1.41. The Bertz CT molecular complexity index is 1100. The number of ether oxygens (including phenoxy) is 1. The minimum Gasteiger partial charge on any atom is -0.494 e. The van der Waals surface area contributed by atoms with Crippen LogP contribution < -0.4 is 4.74 Å². The second-order valence-corrected chi connectivity index (χ2v) is 6.99. The zero-order valence-corrected chi connectivity index (χ0v) is 16.4. The average molecular weight is 408 g/mol. The zero-order chi connectivity index (χ0) is 20.1. The van der Waals surface area contributed by atoms with E-state index in [1.165, 1.54) is 17.8 Å². The highest BCUT2D eigenvalue weighted by atomic mass is 32.2. The lowest BCUT2D eigenvalue weighted by Crippen LogP contribution is -1.92. The summed E-state index contributed by atoms with van der Waals surface area (Å²) >= 11 is 1.41. The molecule has 0 unspecified atom stereocenters. The van der Waals surface area contributed by atoms with E-state index in [0.717, 1.165) is 11.3 Å². The van der Waals surface area contributed by atoms with Crippen molar-refractivity contribution in [2.75, 3.05) is 6.61 Å². The van der Waals surface area contributed by atoms with Crippen LogP contribution in [0.2, 0.25) is 0 Å². The Labute approximate surface area is 171 Å². The fourth-order valence-electron chi connectivity index (χ4n) is 2.67. The van der Waals surface area contributed by atoms with Gasteiger partial charge in [0.2, 0.25) is 11.7 Å². The van der Waals surface area contributed by atoms with E-state index in [1.54, 1.807) is 30.3 Å². The van der Waals surface area contributed by atoms with Crippen LogP contribution in [0.25, 0.3) is 22.6 Å². The van der Waals surface area contributed by atoms with Crippen LogP contribution in [0.15, 0.2) is 70.2 Å². The number of hydrogen-bond donors (Lipinski definition) is 0. The molecule has 0 radical (unpaired) electrons. The van der Waals surface area contributed by atoms with Gasteiger partial charge < -0.3 is 9.26 Å². The van der Waals surface area contributed by atoms with Crippen LogP contribution in [0, 0.1) is 5.82 Å². The van der Waals surface area contributed by atoms with Gasteiger partial charge in [-0.25, -0.2) is 4.39 Å². The van der Waals surface area contributed by atoms with E-state index < -0.39 is 0 Å². The van der Waals surface area contributed by atoms with E-state index in [1.807, 2.05) is 31.2 Å². The molecule has 2 aromatic heterocycles. The van der Waals surface area contributed by atoms with Crippen LogP contribution in [-0.2, 0) is 5.75 Å². The van der Waals surface area contributed by atoms with Gasteiger partial charge in [0.25, 0.3) is 0 Å². The maximum atomic E-state index is 13.8. The molecule has 2 aromatic carbocycles. The highest BCUT2D eigenvalue weighted by Gasteiger charge is 2.11. The summed E-state index contributed by atoms with van der Waals surface area (Å²) < 4.78 is 24.7. The molecule has 0 N–H and O–H groups in total. The first-order valence-electron chi connectivity index (χ1n) is 9.00. The van der Waals surface area contributed by atoms with E-state index in [0.29, 0.717) is 40.4 Å². The molecule has 2 heterocycles. The molecular formula is C21H17FN4O2S. The predicted octanol–water partition coefficient (Wildman–Crippen LogP) is 5.02. The molecule has 4 aromatic rings. The van der Waals surface area contributed by atoms with Crippen LogP contribution >= 0.6 is 11.8 Å². The highest BCUT2D eigenvalue weighted by molar-refractivity contribution is 7.98. The monoisotopic (exact) mass is 408 g/mol. The van der Waals surface area contributed by atoms with Crippen molar-refractivity contribution < 1.29 is 13.7 Å². The number of benzene rings is 2. The number of nitrogens with zero attached hydrogens (tertiary/aromatic N) is 4. The summed E-state index contributed by atoms with van der Waals surface area (Å²) in [7, 11) is 0. The zero-order valence-electron chi connectivity index (χ0n) is 15.6. The fraction of sp³-hybridized carbons (Fsp3) is 0.143. The third-order valence-electron chi connectivity index (χ3n) is 4.00. The van der Waals surface area contributed by atoms with Crippen LogP contribution in [-0.4, -0.2) is 26.9 Å². The summed E-state index contributed by atoms with van der Waals surface area (Å²) in [6.45, 7) is 2.52. The molecular weight excluding hydrogens is 391 g/mol. The van der Waals surface area contributed by atoms with E-state index in [-0.39, 0.29) is 5.82 Å². The van der Waals surface area contributed by atoms with Crippen LogP contribution in [0.4, 0.5) is 4.39 Å². The summed E-state index contributed by atoms with van der Waals surface area (Å²) in [6, 6.07) is 17.6.